The maximum atomic E-state index is 12.2. The highest BCUT2D eigenvalue weighted by molar-refractivity contribution is 14.0. The first kappa shape index (κ1) is 25.6. The summed E-state index contributed by atoms with van der Waals surface area (Å²) in [6.07, 6.45) is 5.28. The number of anilines is 1. The highest BCUT2D eigenvalue weighted by Gasteiger charge is 2.12. The molecule has 1 aliphatic rings. The van der Waals surface area contributed by atoms with Crippen LogP contribution in [0.3, 0.4) is 0 Å². The quantitative estimate of drug-likeness (QED) is 0.182. The molecule has 1 aromatic carbocycles. The first-order valence-electron chi connectivity index (χ1n) is 10.4. The van der Waals surface area contributed by atoms with E-state index in [1.165, 1.54) is 19.3 Å². The number of carbonyl (C=O) groups is 1. The molecule has 8 heteroatoms. The molecule has 0 radical (unpaired) electrons. The zero-order chi connectivity index (χ0) is 20.0. The number of benzene rings is 1. The Labute approximate surface area is 191 Å². The van der Waals surface area contributed by atoms with Crippen LogP contribution >= 0.6 is 24.0 Å². The van der Waals surface area contributed by atoms with Crippen LogP contribution in [0.2, 0.25) is 0 Å². The monoisotopic (exact) mass is 517 g/mol. The van der Waals surface area contributed by atoms with Crippen LogP contribution in [0.5, 0.6) is 0 Å². The minimum absolute atomic E-state index is 0. The normalized spacial score (nSPS) is 14.9. The molecule has 29 heavy (non-hydrogen) atoms. The predicted molar refractivity (Wildman–Crippen MR) is 130 cm³/mol. The molecule has 0 unspecified atom stereocenters. The van der Waals surface area contributed by atoms with E-state index in [0.29, 0.717) is 18.9 Å². The Morgan fingerprint density at radius 3 is 2.79 bits per heavy atom. The van der Waals surface area contributed by atoms with E-state index in [1.54, 1.807) is 0 Å². The number of rotatable bonds is 11. The van der Waals surface area contributed by atoms with E-state index in [0.717, 1.165) is 57.1 Å². The van der Waals surface area contributed by atoms with Gasteiger partial charge in [0.05, 0.1) is 19.8 Å². The summed E-state index contributed by atoms with van der Waals surface area (Å²) >= 11 is 0. The first-order chi connectivity index (χ1) is 13.7. The van der Waals surface area contributed by atoms with Gasteiger partial charge in [-0.1, -0.05) is 38.3 Å². The SMILES string of the molecule is CCCCCCNC(N)=NCc1cccc(NC(=O)CCN2CCOCC2)c1.I. The van der Waals surface area contributed by atoms with E-state index in [2.05, 4.69) is 27.4 Å². The zero-order valence-electron chi connectivity index (χ0n) is 17.5. The lowest BCUT2D eigenvalue weighted by molar-refractivity contribution is -0.116. The second-order valence-corrected chi connectivity index (χ2v) is 7.14. The Morgan fingerprint density at radius 2 is 2.03 bits per heavy atom. The molecule has 2 rings (SSSR count). The second kappa shape index (κ2) is 15.4. The minimum atomic E-state index is 0. The average Bonchev–Trinajstić information content (AvgIpc) is 2.72. The number of amides is 1. The number of carbonyl (C=O) groups excluding carboxylic acids is 1. The third-order valence-corrected chi connectivity index (χ3v) is 4.74. The summed E-state index contributed by atoms with van der Waals surface area (Å²) in [5, 5.41) is 6.12. The van der Waals surface area contributed by atoms with E-state index in [-0.39, 0.29) is 29.9 Å². The Hall–Kier alpha value is -1.39. The van der Waals surface area contributed by atoms with Gasteiger partial charge >= 0.3 is 0 Å². The Morgan fingerprint density at radius 1 is 1.24 bits per heavy atom. The van der Waals surface area contributed by atoms with Gasteiger partial charge in [0.2, 0.25) is 5.91 Å². The molecule has 7 nitrogen and oxygen atoms in total. The molecule has 0 aromatic heterocycles. The summed E-state index contributed by atoms with van der Waals surface area (Å²) in [6.45, 7) is 7.61. The molecule has 1 fully saturated rings. The van der Waals surface area contributed by atoms with Crippen LogP contribution in [0, 0.1) is 0 Å². The molecule has 1 saturated heterocycles. The maximum absolute atomic E-state index is 12.2. The maximum Gasteiger partial charge on any atom is 0.225 e. The third kappa shape index (κ3) is 11.4. The van der Waals surface area contributed by atoms with Crippen LogP contribution in [0.25, 0.3) is 0 Å². The number of halogens is 1. The van der Waals surface area contributed by atoms with Crippen molar-refractivity contribution in [3.8, 4) is 0 Å². The molecule has 0 bridgehead atoms. The fourth-order valence-electron chi connectivity index (χ4n) is 3.06. The smallest absolute Gasteiger partial charge is 0.225 e. The molecular weight excluding hydrogens is 481 g/mol. The summed E-state index contributed by atoms with van der Waals surface area (Å²) in [5.41, 5.74) is 7.73. The minimum Gasteiger partial charge on any atom is -0.379 e. The van der Waals surface area contributed by atoms with Crippen molar-refractivity contribution in [2.75, 3.05) is 44.7 Å². The predicted octanol–water partition coefficient (Wildman–Crippen LogP) is 2.95. The molecule has 0 atom stereocenters. The van der Waals surface area contributed by atoms with Crippen molar-refractivity contribution in [3.05, 3.63) is 29.8 Å². The summed E-state index contributed by atoms with van der Waals surface area (Å²) in [7, 11) is 0. The number of nitrogens with two attached hydrogens (primary N) is 1. The van der Waals surface area contributed by atoms with E-state index in [9.17, 15) is 4.79 Å². The number of unbranched alkanes of at least 4 members (excludes halogenated alkanes) is 3. The van der Waals surface area contributed by atoms with Crippen molar-refractivity contribution in [2.24, 2.45) is 10.7 Å². The van der Waals surface area contributed by atoms with Gasteiger partial charge in [-0.2, -0.15) is 0 Å². The lowest BCUT2D eigenvalue weighted by Gasteiger charge is -2.26. The van der Waals surface area contributed by atoms with Gasteiger partial charge in [-0.15, -0.1) is 24.0 Å². The Kier molecular flexibility index (Phi) is 13.7. The molecule has 4 N–H and O–H groups in total. The molecule has 164 valence electrons. The Bertz CT molecular complexity index is 621. The van der Waals surface area contributed by atoms with Crippen molar-refractivity contribution < 1.29 is 9.53 Å². The average molecular weight is 517 g/mol. The lowest BCUT2D eigenvalue weighted by Crippen LogP contribution is -2.38. The second-order valence-electron chi connectivity index (χ2n) is 7.14. The number of guanidine groups is 1. The van der Waals surface area contributed by atoms with Crippen LogP contribution in [-0.2, 0) is 16.1 Å². The van der Waals surface area contributed by atoms with Gasteiger partial charge in [0.25, 0.3) is 0 Å². The fourth-order valence-corrected chi connectivity index (χ4v) is 3.06. The van der Waals surface area contributed by atoms with Gasteiger partial charge in [0.15, 0.2) is 5.96 Å². The number of nitrogens with one attached hydrogen (secondary N) is 2. The number of hydrogen-bond donors (Lipinski definition) is 3. The van der Waals surface area contributed by atoms with Gasteiger partial charge in [-0.25, -0.2) is 4.99 Å². The third-order valence-electron chi connectivity index (χ3n) is 4.74. The van der Waals surface area contributed by atoms with Crippen LogP contribution in [-0.4, -0.2) is 56.2 Å². The van der Waals surface area contributed by atoms with E-state index < -0.39 is 0 Å². The lowest BCUT2D eigenvalue weighted by atomic mass is 10.2. The van der Waals surface area contributed by atoms with Crippen LogP contribution in [0.1, 0.15) is 44.6 Å². The molecule has 1 amide bonds. The summed E-state index contributed by atoms with van der Waals surface area (Å²) in [6, 6.07) is 7.76. The standard InChI is InChI=1S/C21H35N5O2.HI/c1-2-3-4-5-10-23-21(22)24-17-18-7-6-8-19(16-18)25-20(27)9-11-26-12-14-28-15-13-26;/h6-8,16H,2-5,9-15,17H2,1H3,(H,25,27)(H3,22,23,24);1H. The van der Waals surface area contributed by atoms with Crippen molar-refractivity contribution in [2.45, 2.75) is 45.6 Å². The van der Waals surface area contributed by atoms with Gasteiger partial charge in [-0.3, -0.25) is 9.69 Å². The van der Waals surface area contributed by atoms with Crippen LogP contribution in [0.4, 0.5) is 5.69 Å². The van der Waals surface area contributed by atoms with Crippen LogP contribution < -0.4 is 16.4 Å². The molecule has 1 heterocycles. The summed E-state index contributed by atoms with van der Waals surface area (Å²) in [5.74, 6) is 0.497. The molecule has 0 saturated carbocycles. The molecule has 1 aromatic rings. The largest absolute Gasteiger partial charge is 0.379 e. The zero-order valence-corrected chi connectivity index (χ0v) is 19.8. The van der Waals surface area contributed by atoms with E-state index in [1.807, 2.05) is 24.3 Å². The highest BCUT2D eigenvalue weighted by Crippen LogP contribution is 2.12. The number of aliphatic imine (C=N–C) groups is 1. The number of ether oxygens (including phenoxy) is 1. The van der Waals surface area contributed by atoms with Crippen molar-refractivity contribution in [1.29, 1.82) is 0 Å². The molecular formula is C21H36IN5O2. The van der Waals surface area contributed by atoms with Gasteiger partial charge in [0, 0.05) is 38.3 Å². The summed E-state index contributed by atoms with van der Waals surface area (Å²) < 4.78 is 5.33. The van der Waals surface area contributed by atoms with Crippen LogP contribution in [0.15, 0.2) is 29.3 Å². The van der Waals surface area contributed by atoms with Crippen molar-refractivity contribution in [3.63, 3.8) is 0 Å². The Balaban J connectivity index is 0.00000420. The van der Waals surface area contributed by atoms with E-state index >= 15 is 0 Å². The molecule has 0 aliphatic carbocycles. The first-order valence-corrected chi connectivity index (χ1v) is 10.4. The number of nitrogens with zero attached hydrogens (tertiary/aromatic N) is 2. The number of morpholine rings is 1. The highest BCUT2D eigenvalue weighted by atomic mass is 127. The van der Waals surface area contributed by atoms with E-state index in [4.69, 9.17) is 10.5 Å². The van der Waals surface area contributed by atoms with Crippen molar-refractivity contribution in [1.82, 2.24) is 10.2 Å². The molecule has 0 spiro atoms. The van der Waals surface area contributed by atoms with Gasteiger partial charge < -0.3 is 21.1 Å². The fraction of sp³-hybridized carbons (Fsp3) is 0.619. The molecule has 1 aliphatic heterocycles. The van der Waals surface area contributed by atoms with Gasteiger partial charge in [-0.05, 0) is 24.1 Å². The van der Waals surface area contributed by atoms with Gasteiger partial charge in [0.1, 0.15) is 0 Å². The van der Waals surface area contributed by atoms with Crippen molar-refractivity contribution >= 4 is 41.5 Å². The number of hydrogen-bond acceptors (Lipinski definition) is 4. The summed E-state index contributed by atoms with van der Waals surface area (Å²) in [4.78, 5) is 18.8. The topological polar surface area (TPSA) is 92.0 Å².